The quantitative estimate of drug-likeness (QED) is 0.433. The van der Waals surface area contributed by atoms with Gasteiger partial charge in [0.15, 0.2) is 0 Å². The highest BCUT2D eigenvalue weighted by atomic mass is 16.7. The monoisotopic (exact) mass is 204 g/mol. The Bertz CT molecular complexity index is 153. The molecule has 0 aliphatic heterocycles. The maximum absolute atomic E-state index is 11.4. The molecule has 1 amide bonds. The van der Waals surface area contributed by atoms with E-state index in [1.165, 1.54) is 0 Å². The van der Waals surface area contributed by atoms with Gasteiger partial charge >= 0.3 is 0 Å². The summed E-state index contributed by atoms with van der Waals surface area (Å²) in [6.45, 7) is 3.18. The number of methoxy groups -OCH3 is 1. The van der Waals surface area contributed by atoms with Crippen LogP contribution in [0.15, 0.2) is 0 Å². The van der Waals surface area contributed by atoms with Gasteiger partial charge in [0, 0.05) is 13.7 Å². The van der Waals surface area contributed by atoms with E-state index in [2.05, 4.69) is 5.48 Å². The molecule has 14 heavy (non-hydrogen) atoms. The van der Waals surface area contributed by atoms with Gasteiger partial charge in [0.1, 0.15) is 0 Å². The molecular formula is C9H20N2O3. The van der Waals surface area contributed by atoms with Crippen molar-refractivity contribution >= 4 is 5.91 Å². The summed E-state index contributed by atoms with van der Waals surface area (Å²) in [6.07, 6.45) is 1.73. The first-order valence-electron chi connectivity index (χ1n) is 4.86. The van der Waals surface area contributed by atoms with Crippen molar-refractivity contribution in [2.45, 2.75) is 19.8 Å². The number of nitrogens with two attached hydrogens (primary N) is 1. The smallest absolute Gasteiger partial charge is 0.247 e. The van der Waals surface area contributed by atoms with Crippen LogP contribution in [0.5, 0.6) is 0 Å². The normalized spacial score (nSPS) is 12.5. The van der Waals surface area contributed by atoms with Gasteiger partial charge in [0.05, 0.1) is 19.1 Å². The topological polar surface area (TPSA) is 73.6 Å². The third-order valence-corrected chi connectivity index (χ3v) is 1.85. The lowest BCUT2D eigenvalue weighted by Gasteiger charge is -2.13. The zero-order chi connectivity index (χ0) is 10.8. The molecule has 3 N–H and O–H groups in total. The molecule has 84 valence electrons. The first kappa shape index (κ1) is 13.4. The van der Waals surface area contributed by atoms with E-state index in [-0.39, 0.29) is 11.8 Å². The summed E-state index contributed by atoms with van der Waals surface area (Å²) in [4.78, 5) is 16.3. The lowest BCUT2D eigenvalue weighted by atomic mass is 10.0. The van der Waals surface area contributed by atoms with Crippen LogP contribution >= 0.6 is 0 Å². The van der Waals surface area contributed by atoms with Crippen LogP contribution in [0.1, 0.15) is 19.8 Å². The van der Waals surface area contributed by atoms with Crippen molar-refractivity contribution in [1.29, 1.82) is 0 Å². The SMILES string of the molecule is CCCC(CN)C(=O)NOCCOC. The van der Waals surface area contributed by atoms with Crippen LogP contribution in [0.3, 0.4) is 0 Å². The lowest BCUT2D eigenvalue weighted by molar-refractivity contribution is -0.138. The molecule has 0 saturated carbocycles. The number of hydroxylamine groups is 1. The Morgan fingerprint density at radius 3 is 2.71 bits per heavy atom. The summed E-state index contributed by atoms with van der Waals surface area (Å²) in [5.74, 6) is -0.298. The summed E-state index contributed by atoms with van der Waals surface area (Å²) in [6, 6.07) is 0. The number of carbonyl (C=O) groups is 1. The Morgan fingerprint density at radius 2 is 2.21 bits per heavy atom. The molecule has 5 nitrogen and oxygen atoms in total. The highest BCUT2D eigenvalue weighted by Gasteiger charge is 2.15. The van der Waals surface area contributed by atoms with Crippen LogP contribution in [0, 0.1) is 5.92 Å². The molecule has 0 aliphatic rings. The van der Waals surface area contributed by atoms with Gasteiger partial charge in [0.2, 0.25) is 5.91 Å². The van der Waals surface area contributed by atoms with Crippen LogP contribution in [0.2, 0.25) is 0 Å². The molecule has 0 bridgehead atoms. The fourth-order valence-electron chi connectivity index (χ4n) is 1.03. The third kappa shape index (κ3) is 5.90. The maximum atomic E-state index is 11.4. The minimum absolute atomic E-state index is 0.148. The van der Waals surface area contributed by atoms with E-state index in [4.69, 9.17) is 15.3 Å². The zero-order valence-corrected chi connectivity index (χ0v) is 8.91. The third-order valence-electron chi connectivity index (χ3n) is 1.85. The number of rotatable bonds is 8. The van der Waals surface area contributed by atoms with Gasteiger partial charge in [-0.25, -0.2) is 5.48 Å². The number of hydrogen-bond acceptors (Lipinski definition) is 4. The molecule has 0 fully saturated rings. The Hall–Kier alpha value is -0.650. The zero-order valence-electron chi connectivity index (χ0n) is 8.91. The number of carbonyl (C=O) groups excluding carboxylic acids is 1. The summed E-state index contributed by atoms with van der Waals surface area (Å²) in [5.41, 5.74) is 7.80. The standard InChI is InChI=1S/C9H20N2O3/c1-3-4-8(7-10)9(12)11-14-6-5-13-2/h8H,3-7,10H2,1-2H3,(H,11,12). The van der Waals surface area contributed by atoms with Crippen LogP contribution in [0.4, 0.5) is 0 Å². The molecule has 0 aliphatic carbocycles. The fraction of sp³-hybridized carbons (Fsp3) is 0.889. The van der Waals surface area contributed by atoms with Gasteiger partial charge in [-0.2, -0.15) is 0 Å². The fourth-order valence-corrected chi connectivity index (χ4v) is 1.03. The second-order valence-electron chi connectivity index (χ2n) is 3.03. The maximum Gasteiger partial charge on any atom is 0.247 e. The molecule has 1 atom stereocenters. The number of nitrogens with one attached hydrogen (secondary N) is 1. The number of hydrogen-bond donors (Lipinski definition) is 2. The molecule has 0 aromatic heterocycles. The second kappa shape index (κ2) is 8.93. The predicted octanol–water partition coefficient (Wildman–Crippen LogP) is 0.0556. The van der Waals surface area contributed by atoms with Crippen molar-refractivity contribution in [3.8, 4) is 0 Å². The Balaban J connectivity index is 3.58. The molecule has 0 rings (SSSR count). The van der Waals surface area contributed by atoms with Crippen LogP contribution in [-0.2, 0) is 14.4 Å². The van der Waals surface area contributed by atoms with Gasteiger partial charge in [-0.05, 0) is 6.42 Å². The molecule has 0 aromatic rings. The van der Waals surface area contributed by atoms with Gasteiger partial charge < -0.3 is 10.5 Å². The summed E-state index contributed by atoms with van der Waals surface area (Å²) in [7, 11) is 1.57. The van der Waals surface area contributed by atoms with Crippen molar-refractivity contribution in [3.05, 3.63) is 0 Å². The van der Waals surface area contributed by atoms with E-state index >= 15 is 0 Å². The average molecular weight is 204 g/mol. The van der Waals surface area contributed by atoms with Gasteiger partial charge in [-0.15, -0.1) is 0 Å². The van der Waals surface area contributed by atoms with Crippen molar-refractivity contribution in [2.75, 3.05) is 26.9 Å². The van der Waals surface area contributed by atoms with E-state index in [9.17, 15) is 4.79 Å². The van der Waals surface area contributed by atoms with Crippen molar-refractivity contribution in [2.24, 2.45) is 11.7 Å². The minimum atomic E-state index is -0.150. The van der Waals surface area contributed by atoms with E-state index in [0.717, 1.165) is 12.8 Å². The molecule has 5 heteroatoms. The van der Waals surface area contributed by atoms with E-state index in [0.29, 0.717) is 19.8 Å². The van der Waals surface area contributed by atoms with E-state index in [1.54, 1.807) is 7.11 Å². The Kier molecular flexibility index (Phi) is 8.51. The molecule has 0 saturated heterocycles. The second-order valence-corrected chi connectivity index (χ2v) is 3.03. The Labute approximate surface area is 84.9 Å². The first-order chi connectivity index (χ1) is 6.76. The summed E-state index contributed by atoms with van der Waals surface area (Å²) in [5, 5.41) is 0. The molecule has 0 aromatic carbocycles. The largest absolute Gasteiger partial charge is 0.382 e. The van der Waals surface area contributed by atoms with Crippen molar-refractivity contribution in [1.82, 2.24) is 5.48 Å². The van der Waals surface area contributed by atoms with Crippen molar-refractivity contribution in [3.63, 3.8) is 0 Å². The molecule has 1 unspecified atom stereocenters. The molecule has 0 spiro atoms. The molecule has 0 radical (unpaired) electrons. The summed E-state index contributed by atoms with van der Waals surface area (Å²) < 4.78 is 4.76. The van der Waals surface area contributed by atoms with Gasteiger partial charge in [-0.1, -0.05) is 13.3 Å². The highest BCUT2D eigenvalue weighted by Crippen LogP contribution is 2.03. The van der Waals surface area contributed by atoms with E-state index in [1.807, 2.05) is 6.92 Å². The van der Waals surface area contributed by atoms with Gasteiger partial charge in [0.25, 0.3) is 0 Å². The molecular weight excluding hydrogens is 184 g/mol. The van der Waals surface area contributed by atoms with Crippen molar-refractivity contribution < 1.29 is 14.4 Å². The van der Waals surface area contributed by atoms with Gasteiger partial charge in [-0.3, -0.25) is 9.63 Å². The minimum Gasteiger partial charge on any atom is -0.382 e. The number of amides is 1. The first-order valence-corrected chi connectivity index (χ1v) is 4.86. The average Bonchev–Trinajstić information content (AvgIpc) is 2.20. The lowest BCUT2D eigenvalue weighted by Crippen LogP contribution is -2.35. The van der Waals surface area contributed by atoms with Crippen LogP contribution in [-0.4, -0.2) is 32.8 Å². The summed E-state index contributed by atoms with van der Waals surface area (Å²) >= 11 is 0. The van der Waals surface area contributed by atoms with Crippen LogP contribution < -0.4 is 11.2 Å². The Morgan fingerprint density at radius 1 is 1.50 bits per heavy atom. The highest BCUT2D eigenvalue weighted by molar-refractivity contribution is 5.77. The van der Waals surface area contributed by atoms with E-state index < -0.39 is 0 Å². The number of ether oxygens (including phenoxy) is 1. The molecule has 0 heterocycles. The van der Waals surface area contributed by atoms with Crippen LogP contribution in [0.25, 0.3) is 0 Å². The predicted molar refractivity (Wildman–Crippen MR) is 53.4 cm³/mol.